The lowest BCUT2D eigenvalue weighted by molar-refractivity contribution is -0.150. The predicted molar refractivity (Wildman–Crippen MR) is 124 cm³/mol. The number of carboxylic acids is 1. The molecular weight excluding hydrogens is 538 g/mol. The summed E-state index contributed by atoms with van der Waals surface area (Å²) in [5.41, 5.74) is -2.40. The van der Waals surface area contributed by atoms with Crippen LogP contribution in [-0.2, 0) is 35.9 Å². The van der Waals surface area contributed by atoms with Crippen molar-refractivity contribution in [2.75, 3.05) is 11.4 Å². The van der Waals surface area contributed by atoms with Crippen molar-refractivity contribution in [1.82, 2.24) is 14.0 Å². The van der Waals surface area contributed by atoms with Crippen molar-refractivity contribution in [1.29, 1.82) is 0 Å². The molecule has 1 N–H and O–H groups in total. The summed E-state index contributed by atoms with van der Waals surface area (Å²) in [6.45, 7) is -1.71. The number of imidazole rings is 1. The second-order valence-corrected chi connectivity index (χ2v) is 9.01. The van der Waals surface area contributed by atoms with Gasteiger partial charge in [0.05, 0.1) is 23.1 Å². The highest BCUT2D eigenvalue weighted by molar-refractivity contribution is 6.12. The molecule has 15 heteroatoms. The first-order valence-corrected chi connectivity index (χ1v) is 11.3. The number of carboxylic acid groups (broad SMARTS) is 1. The van der Waals surface area contributed by atoms with Crippen molar-refractivity contribution in [2.24, 2.45) is 13.0 Å². The van der Waals surface area contributed by atoms with Gasteiger partial charge in [-0.1, -0.05) is 12.1 Å². The number of aromatic nitrogens is 2. The first kappa shape index (κ1) is 27.7. The van der Waals surface area contributed by atoms with Crippen molar-refractivity contribution in [3.8, 4) is 0 Å². The Kier molecular flexibility index (Phi) is 6.73. The maximum absolute atomic E-state index is 13.4. The highest BCUT2D eigenvalue weighted by atomic mass is 19.4. The number of hydrogen-bond donors (Lipinski definition) is 1. The van der Waals surface area contributed by atoms with E-state index in [9.17, 15) is 50.6 Å². The summed E-state index contributed by atoms with van der Waals surface area (Å²) in [6, 6.07) is 5.68. The number of aryl methyl sites for hydroxylation is 1. The first-order chi connectivity index (χ1) is 18.0. The average Bonchev–Trinajstić information content (AvgIpc) is 3.05. The summed E-state index contributed by atoms with van der Waals surface area (Å²) in [4.78, 5) is 52.0. The monoisotopic (exact) mass is 558 g/mol. The molecule has 2 aromatic carbocycles. The van der Waals surface area contributed by atoms with Crippen molar-refractivity contribution in [3.05, 3.63) is 63.6 Å². The van der Waals surface area contributed by atoms with Crippen molar-refractivity contribution >= 4 is 34.6 Å². The Balaban J connectivity index is 1.77. The standard InChI is InChI=1S/C24H20F6N4O5/c1-12-13(4-3-5-16(12)24(28,29)30)9-33-19(35)15(20(36)37)10-32(22(33)39)14-6-7-17-18(8-14)31(2)21(38)34(17)11-23(25,26)27/h3-8,15H,9-11H2,1-2H3,(H,36,37). The molecule has 0 bridgehead atoms. The summed E-state index contributed by atoms with van der Waals surface area (Å²) in [7, 11) is 1.21. The molecule has 2 heterocycles. The maximum atomic E-state index is 13.4. The van der Waals surface area contributed by atoms with Gasteiger partial charge in [0.15, 0.2) is 5.92 Å². The van der Waals surface area contributed by atoms with Crippen LogP contribution < -0.4 is 10.6 Å². The van der Waals surface area contributed by atoms with E-state index in [4.69, 9.17) is 0 Å². The zero-order valence-electron chi connectivity index (χ0n) is 20.3. The van der Waals surface area contributed by atoms with Crippen molar-refractivity contribution < 1.29 is 45.8 Å². The molecule has 0 aliphatic carbocycles. The van der Waals surface area contributed by atoms with Crippen LogP contribution in [0.1, 0.15) is 16.7 Å². The minimum atomic E-state index is -4.71. The molecule has 0 saturated carbocycles. The average molecular weight is 558 g/mol. The number of nitrogens with zero attached hydrogens (tertiary/aromatic N) is 4. The molecule has 9 nitrogen and oxygen atoms in total. The number of aliphatic carboxylic acids is 1. The van der Waals surface area contributed by atoms with Crippen molar-refractivity contribution in [3.63, 3.8) is 0 Å². The summed E-state index contributed by atoms with van der Waals surface area (Å²) < 4.78 is 80.5. The summed E-state index contributed by atoms with van der Waals surface area (Å²) in [6.07, 6.45) is -9.41. The van der Waals surface area contributed by atoms with E-state index in [-0.39, 0.29) is 27.8 Å². The van der Waals surface area contributed by atoms with Crippen LogP contribution in [0, 0.1) is 12.8 Å². The van der Waals surface area contributed by atoms with Crippen LogP contribution >= 0.6 is 0 Å². The van der Waals surface area contributed by atoms with Gasteiger partial charge in [0.25, 0.3) is 0 Å². The first-order valence-electron chi connectivity index (χ1n) is 11.3. The van der Waals surface area contributed by atoms with Gasteiger partial charge in [-0.15, -0.1) is 0 Å². The Labute approximate surface area is 215 Å². The maximum Gasteiger partial charge on any atom is 0.416 e. The Hall–Kier alpha value is -4.30. The fourth-order valence-electron chi connectivity index (χ4n) is 4.54. The van der Waals surface area contributed by atoms with E-state index in [2.05, 4.69) is 0 Å². The molecule has 208 valence electrons. The van der Waals surface area contributed by atoms with Crippen LogP contribution in [-0.4, -0.2) is 49.8 Å². The van der Waals surface area contributed by atoms with Crippen LogP contribution in [0.25, 0.3) is 11.0 Å². The molecule has 0 radical (unpaired) electrons. The molecule has 1 aromatic heterocycles. The summed E-state index contributed by atoms with van der Waals surface area (Å²) in [5, 5.41) is 9.62. The molecule has 3 amide bonds. The second kappa shape index (κ2) is 9.47. The topological polar surface area (TPSA) is 105 Å². The number of alkyl halides is 6. The summed E-state index contributed by atoms with van der Waals surface area (Å²) >= 11 is 0. The number of hydrogen-bond acceptors (Lipinski definition) is 4. The molecule has 1 atom stereocenters. The highest BCUT2D eigenvalue weighted by Gasteiger charge is 2.44. The van der Waals surface area contributed by atoms with E-state index in [0.29, 0.717) is 9.47 Å². The van der Waals surface area contributed by atoms with Gasteiger partial charge in [0.2, 0.25) is 5.91 Å². The fourth-order valence-corrected chi connectivity index (χ4v) is 4.54. The minimum Gasteiger partial charge on any atom is -0.481 e. The van der Waals surface area contributed by atoms with E-state index in [0.717, 1.165) is 34.6 Å². The van der Waals surface area contributed by atoms with Gasteiger partial charge in [-0.2, -0.15) is 26.3 Å². The van der Waals surface area contributed by atoms with E-state index < -0.39 is 67.1 Å². The van der Waals surface area contributed by atoms with Crippen molar-refractivity contribution in [2.45, 2.75) is 32.4 Å². The molecule has 1 unspecified atom stereocenters. The third-order valence-electron chi connectivity index (χ3n) is 6.55. The van der Waals surface area contributed by atoms with Gasteiger partial charge >= 0.3 is 30.0 Å². The lowest BCUT2D eigenvalue weighted by atomic mass is 9.99. The number of imide groups is 1. The van der Waals surface area contributed by atoms with Crippen LogP contribution in [0.15, 0.2) is 41.2 Å². The predicted octanol–water partition coefficient (Wildman–Crippen LogP) is 3.90. The zero-order valence-corrected chi connectivity index (χ0v) is 20.3. The largest absolute Gasteiger partial charge is 0.481 e. The zero-order chi connectivity index (χ0) is 29.0. The van der Waals surface area contributed by atoms with Gasteiger partial charge in [-0.25, -0.2) is 9.59 Å². The van der Waals surface area contributed by atoms with Gasteiger partial charge in [0, 0.05) is 19.3 Å². The van der Waals surface area contributed by atoms with Crippen LogP contribution in [0.5, 0.6) is 0 Å². The smallest absolute Gasteiger partial charge is 0.416 e. The van der Waals surface area contributed by atoms with Gasteiger partial charge in [0.1, 0.15) is 6.54 Å². The Morgan fingerprint density at radius 1 is 1.03 bits per heavy atom. The number of rotatable bonds is 5. The van der Waals surface area contributed by atoms with Gasteiger partial charge < -0.3 is 5.11 Å². The third kappa shape index (κ3) is 5.07. The highest BCUT2D eigenvalue weighted by Crippen LogP contribution is 2.34. The molecule has 1 saturated heterocycles. The molecule has 4 rings (SSSR count). The lowest BCUT2D eigenvalue weighted by Gasteiger charge is -2.37. The van der Waals surface area contributed by atoms with Gasteiger partial charge in [-0.05, 0) is 42.3 Å². The van der Waals surface area contributed by atoms with Crippen LogP contribution in [0.4, 0.5) is 36.8 Å². The number of anilines is 1. The Morgan fingerprint density at radius 2 is 1.69 bits per heavy atom. The van der Waals surface area contributed by atoms with E-state index in [1.165, 1.54) is 25.2 Å². The SMILES string of the molecule is Cc1c(CN2C(=O)C(C(=O)O)CN(c3ccc4c(c3)n(C)c(=O)n4CC(F)(F)F)C2=O)cccc1C(F)(F)F. The number of urea groups is 1. The lowest BCUT2D eigenvalue weighted by Crippen LogP contribution is -2.58. The second-order valence-electron chi connectivity index (χ2n) is 9.01. The fraction of sp³-hybridized carbons (Fsp3) is 0.333. The normalized spacial score (nSPS) is 16.9. The number of fused-ring (bicyclic) bond motifs is 1. The molecule has 1 aliphatic rings. The summed E-state index contributed by atoms with van der Waals surface area (Å²) in [5.74, 6) is -4.50. The number of amides is 3. The molecule has 1 aliphatic heterocycles. The van der Waals surface area contributed by atoms with Crippen LogP contribution in [0.3, 0.4) is 0 Å². The van der Waals surface area contributed by atoms with E-state index >= 15 is 0 Å². The third-order valence-corrected chi connectivity index (χ3v) is 6.55. The Bertz CT molecular complexity index is 1560. The molecular formula is C24H20F6N4O5. The van der Waals surface area contributed by atoms with Crippen LogP contribution in [0.2, 0.25) is 0 Å². The van der Waals surface area contributed by atoms with Gasteiger partial charge in [-0.3, -0.25) is 28.5 Å². The number of halogens is 6. The quantitative estimate of drug-likeness (QED) is 0.378. The molecule has 39 heavy (non-hydrogen) atoms. The molecule has 0 spiro atoms. The number of benzene rings is 2. The van der Waals surface area contributed by atoms with E-state index in [1.807, 2.05) is 0 Å². The molecule has 1 fully saturated rings. The number of carbonyl (C=O) groups excluding carboxylic acids is 2. The minimum absolute atomic E-state index is 0.00130. The van der Waals surface area contributed by atoms with E-state index in [1.54, 1.807) is 0 Å². The molecule has 3 aromatic rings. The number of carbonyl (C=O) groups is 3. The Morgan fingerprint density at radius 3 is 2.28 bits per heavy atom.